The number of hydrogen-bond donors (Lipinski definition) is 1. The van der Waals surface area contributed by atoms with Crippen LogP contribution in [0.1, 0.15) is 77.6 Å². The molecule has 0 aliphatic rings. The van der Waals surface area contributed by atoms with Gasteiger partial charge in [-0.3, -0.25) is 0 Å². The Balaban J connectivity index is 3.03. The van der Waals surface area contributed by atoms with Crippen molar-refractivity contribution in [2.45, 2.75) is 77.6 Å². The zero-order chi connectivity index (χ0) is 14.9. The van der Waals surface area contributed by atoms with Crippen molar-refractivity contribution < 1.29 is 9.90 Å². The predicted molar refractivity (Wildman–Crippen MR) is 89.2 cm³/mol. The van der Waals surface area contributed by atoms with E-state index in [9.17, 15) is 4.79 Å². The molecule has 2 nitrogen and oxygen atoms in total. The summed E-state index contributed by atoms with van der Waals surface area (Å²) in [5.41, 5.74) is 0. The molecule has 0 aliphatic heterocycles. The summed E-state index contributed by atoms with van der Waals surface area (Å²) in [6.07, 6.45) is 13.8. The summed E-state index contributed by atoms with van der Waals surface area (Å²) in [5, 5.41) is 8.34. The maximum atomic E-state index is 10.2. The van der Waals surface area contributed by atoms with Crippen molar-refractivity contribution >= 4 is 17.7 Å². The molecule has 0 bridgehead atoms. The zero-order valence-electron chi connectivity index (χ0n) is 13.0. The number of thioether (sulfide) groups is 1. The lowest BCUT2D eigenvalue weighted by Crippen LogP contribution is -1.86. The number of carbonyl (C=O) groups is 1. The summed E-state index contributed by atoms with van der Waals surface area (Å²) >= 11 is 2.05. The highest BCUT2D eigenvalue weighted by Gasteiger charge is 1.93. The number of carboxylic acids is 1. The smallest absolute Gasteiger partial charge is 0.381 e. The maximum absolute atomic E-state index is 10.2. The van der Waals surface area contributed by atoms with Crippen LogP contribution in [0.15, 0.2) is 0 Å². The third kappa shape index (κ3) is 17.4. The molecule has 0 atom stereocenters. The summed E-state index contributed by atoms with van der Waals surface area (Å²) in [6.45, 7) is 2.23. The van der Waals surface area contributed by atoms with Crippen molar-refractivity contribution in [3.63, 3.8) is 0 Å². The molecule has 0 saturated heterocycles. The highest BCUT2D eigenvalue weighted by atomic mass is 32.2. The second kappa shape index (κ2) is 16.4. The molecule has 0 heterocycles. The maximum Gasteiger partial charge on any atom is 0.381 e. The molecule has 0 spiro atoms. The average molecular weight is 298 g/mol. The number of rotatable bonds is 13. The SMILES string of the molecule is CCSCCCCCCCCCCCCC#CC(=O)O. The molecule has 0 aromatic heterocycles. The van der Waals surface area contributed by atoms with Crippen molar-refractivity contribution in [1.29, 1.82) is 0 Å². The number of hydrogen-bond acceptors (Lipinski definition) is 2. The highest BCUT2D eigenvalue weighted by molar-refractivity contribution is 7.99. The van der Waals surface area contributed by atoms with Crippen LogP contribution in [-0.2, 0) is 4.79 Å². The Morgan fingerprint density at radius 1 is 0.900 bits per heavy atom. The molecule has 0 aromatic carbocycles. The second-order valence-electron chi connectivity index (χ2n) is 5.09. The first-order chi connectivity index (χ1) is 9.77. The highest BCUT2D eigenvalue weighted by Crippen LogP contribution is 2.12. The van der Waals surface area contributed by atoms with E-state index >= 15 is 0 Å². The van der Waals surface area contributed by atoms with E-state index in [-0.39, 0.29) is 0 Å². The van der Waals surface area contributed by atoms with E-state index in [2.05, 4.69) is 30.5 Å². The molecule has 116 valence electrons. The van der Waals surface area contributed by atoms with Crippen LogP contribution in [0.5, 0.6) is 0 Å². The minimum Gasteiger partial charge on any atom is -0.472 e. The van der Waals surface area contributed by atoms with Gasteiger partial charge in [-0.15, -0.1) is 0 Å². The Morgan fingerprint density at radius 2 is 1.40 bits per heavy atom. The third-order valence-corrected chi connectivity index (χ3v) is 4.23. The van der Waals surface area contributed by atoms with Crippen LogP contribution in [0, 0.1) is 11.8 Å². The van der Waals surface area contributed by atoms with E-state index in [0.29, 0.717) is 0 Å². The van der Waals surface area contributed by atoms with Crippen molar-refractivity contribution in [2.24, 2.45) is 0 Å². The van der Waals surface area contributed by atoms with Crippen LogP contribution in [-0.4, -0.2) is 22.6 Å². The van der Waals surface area contributed by atoms with Gasteiger partial charge < -0.3 is 5.11 Å². The van der Waals surface area contributed by atoms with Gasteiger partial charge >= 0.3 is 5.97 Å². The van der Waals surface area contributed by atoms with Crippen LogP contribution < -0.4 is 0 Å². The van der Waals surface area contributed by atoms with E-state index in [0.717, 1.165) is 12.8 Å². The van der Waals surface area contributed by atoms with Crippen molar-refractivity contribution in [3.05, 3.63) is 0 Å². The van der Waals surface area contributed by atoms with Gasteiger partial charge in [0.2, 0.25) is 0 Å². The Kier molecular flexibility index (Phi) is 15.9. The van der Waals surface area contributed by atoms with Crippen LogP contribution in [0.3, 0.4) is 0 Å². The molecule has 0 aromatic rings. The first-order valence-corrected chi connectivity index (χ1v) is 9.22. The van der Waals surface area contributed by atoms with E-state index in [4.69, 9.17) is 5.11 Å². The lowest BCUT2D eigenvalue weighted by Gasteiger charge is -2.02. The van der Waals surface area contributed by atoms with Gasteiger partial charge in [0.1, 0.15) is 0 Å². The normalized spacial score (nSPS) is 10.1. The van der Waals surface area contributed by atoms with Crippen molar-refractivity contribution in [3.8, 4) is 11.8 Å². The van der Waals surface area contributed by atoms with Crippen molar-refractivity contribution in [2.75, 3.05) is 11.5 Å². The summed E-state index contributed by atoms with van der Waals surface area (Å²) in [4.78, 5) is 10.2. The molecular formula is C17H30O2S. The van der Waals surface area contributed by atoms with Crippen LogP contribution in [0.2, 0.25) is 0 Å². The Morgan fingerprint density at radius 3 is 1.90 bits per heavy atom. The molecule has 0 radical (unpaired) electrons. The molecule has 0 rings (SSSR count). The molecular weight excluding hydrogens is 268 g/mol. The fourth-order valence-corrected chi connectivity index (χ4v) is 2.81. The first-order valence-electron chi connectivity index (χ1n) is 8.07. The molecule has 1 N–H and O–H groups in total. The van der Waals surface area contributed by atoms with E-state index in [1.807, 2.05) is 0 Å². The van der Waals surface area contributed by atoms with Gasteiger partial charge in [0, 0.05) is 12.3 Å². The predicted octanol–water partition coefficient (Wildman–Crippen LogP) is 5.12. The Labute approximate surface area is 129 Å². The second-order valence-corrected chi connectivity index (χ2v) is 6.48. The van der Waals surface area contributed by atoms with E-state index in [1.165, 1.54) is 69.3 Å². The van der Waals surface area contributed by atoms with Crippen LogP contribution >= 0.6 is 11.8 Å². The number of aliphatic carboxylic acids is 1. The van der Waals surface area contributed by atoms with E-state index in [1.54, 1.807) is 0 Å². The number of unbranched alkanes of at least 4 members (excludes halogenated alkanes) is 10. The molecule has 20 heavy (non-hydrogen) atoms. The van der Waals surface area contributed by atoms with E-state index < -0.39 is 5.97 Å². The lowest BCUT2D eigenvalue weighted by atomic mass is 10.1. The molecule has 0 unspecified atom stereocenters. The fourth-order valence-electron chi connectivity index (χ4n) is 2.11. The summed E-state index contributed by atoms with van der Waals surface area (Å²) < 4.78 is 0. The Hall–Kier alpha value is -0.620. The van der Waals surface area contributed by atoms with Gasteiger partial charge in [0.15, 0.2) is 0 Å². The zero-order valence-corrected chi connectivity index (χ0v) is 13.8. The van der Waals surface area contributed by atoms with Gasteiger partial charge in [-0.25, -0.2) is 4.79 Å². The summed E-state index contributed by atoms with van der Waals surface area (Å²) in [6, 6.07) is 0. The number of carboxylic acid groups (broad SMARTS) is 1. The molecule has 0 aliphatic carbocycles. The molecule has 0 amide bonds. The first kappa shape index (κ1) is 19.4. The summed E-state index contributed by atoms with van der Waals surface area (Å²) in [7, 11) is 0. The summed E-state index contributed by atoms with van der Waals surface area (Å²) in [5.74, 6) is 6.40. The minimum atomic E-state index is -1.02. The van der Waals surface area contributed by atoms with Gasteiger partial charge in [-0.2, -0.15) is 11.8 Å². The van der Waals surface area contributed by atoms with Crippen LogP contribution in [0.25, 0.3) is 0 Å². The largest absolute Gasteiger partial charge is 0.472 e. The monoisotopic (exact) mass is 298 g/mol. The molecule has 3 heteroatoms. The molecule has 0 fully saturated rings. The van der Waals surface area contributed by atoms with Gasteiger partial charge in [-0.1, -0.05) is 64.2 Å². The minimum absolute atomic E-state index is 0.724. The van der Waals surface area contributed by atoms with Crippen LogP contribution in [0.4, 0.5) is 0 Å². The fraction of sp³-hybridized carbons (Fsp3) is 0.824. The van der Waals surface area contributed by atoms with Crippen molar-refractivity contribution in [1.82, 2.24) is 0 Å². The lowest BCUT2D eigenvalue weighted by molar-refractivity contribution is -0.130. The average Bonchev–Trinajstić information content (AvgIpc) is 2.43. The third-order valence-electron chi connectivity index (χ3n) is 3.24. The van der Waals surface area contributed by atoms with Gasteiger partial charge in [0.05, 0.1) is 0 Å². The Bertz CT molecular complexity index is 278. The van der Waals surface area contributed by atoms with Gasteiger partial charge in [-0.05, 0) is 24.3 Å². The molecule has 0 saturated carbocycles. The standard InChI is InChI=1S/C17H30O2S/c1-2-20-16-14-12-10-8-6-4-3-5-7-9-11-13-15-17(18)19/h2-12,14,16H2,1H3,(H,18,19). The quantitative estimate of drug-likeness (QED) is 0.379. The topological polar surface area (TPSA) is 37.3 Å². The van der Waals surface area contributed by atoms with Gasteiger partial charge in [0.25, 0.3) is 0 Å².